The molecule has 1 fully saturated rings. The molecule has 1 N–H and O–H groups in total. The highest BCUT2D eigenvalue weighted by Crippen LogP contribution is 2.38. The lowest BCUT2D eigenvalue weighted by Crippen LogP contribution is -2.36. The van der Waals surface area contributed by atoms with E-state index in [1.54, 1.807) is 6.07 Å². The molecule has 2 rings (SSSR count). The van der Waals surface area contributed by atoms with Crippen molar-refractivity contribution in [2.45, 2.75) is 31.6 Å². The smallest absolute Gasteiger partial charge is 0.359 e. The van der Waals surface area contributed by atoms with Gasteiger partial charge in [0.15, 0.2) is 12.3 Å². The highest BCUT2D eigenvalue weighted by atomic mass is 16.5. The maximum Gasteiger partial charge on any atom is 0.359 e. The molecule has 120 valence electrons. The van der Waals surface area contributed by atoms with Crippen molar-refractivity contribution in [3.63, 3.8) is 0 Å². The van der Waals surface area contributed by atoms with Crippen molar-refractivity contribution in [1.29, 1.82) is 10.5 Å². The first kappa shape index (κ1) is 16.5. The van der Waals surface area contributed by atoms with E-state index in [1.165, 1.54) is 4.90 Å². The second kappa shape index (κ2) is 7.95. The van der Waals surface area contributed by atoms with Crippen LogP contribution in [0.4, 0.5) is 0 Å². The molecule has 0 spiro atoms. The summed E-state index contributed by atoms with van der Waals surface area (Å²) in [5.74, 6) is -0.651. The van der Waals surface area contributed by atoms with Gasteiger partial charge in [0.1, 0.15) is 0 Å². The van der Waals surface area contributed by atoms with Gasteiger partial charge in [0.2, 0.25) is 0 Å². The van der Waals surface area contributed by atoms with Gasteiger partial charge in [-0.25, -0.2) is 4.79 Å². The van der Waals surface area contributed by atoms with E-state index >= 15 is 0 Å². The number of hydrogen-bond donors (Lipinski definition) is 1. The molecule has 0 unspecified atom stereocenters. The molecule has 1 aliphatic carbocycles. The van der Waals surface area contributed by atoms with E-state index in [0.717, 1.165) is 18.5 Å². The summed E-state index contributed by atoms with van der Waals surface area (Å²) in [5.41, 5.74) is 1.06. The van der Waals surface area contributed by atoms with Crippen LogP contribution in [0.15, 0.2) is 6.07 Å². The maximum absolute atomic E-state index is 12.0. The Morgan fingerprint density at radius 2 is 1.96 bits per heavy atom. The van der Waals surface area contributed by atoms with Crippen molar-refractivity contribution in [2.24, 2.45) is 0 Å². The fraction of sp³-hybridized carbons (Fsp3) is 0.533. The Hall–Kier alpha value is -2.87. The second-order valence-corrected chi connectivity index (χ2v) is 5.26. The fourth-order valence-electron chi connectivity index (χ4n) is 2.07. The quantitative estimate of drug-likeness (QED) is 0.716. The third-order valence-electron chi connectivity index (χ3n) is 3.49. The molecule has 1 heterocycles. The molecule has 0 atom stereocenters. The number of rotatable bonds is 8. The molecule has 0 bridgehead atoms. The van der Waals surface area contributed by atoms with Crippen molar-refractivity contribution in [2.75, 3.05) is 19.7 Å². The van der Waals surface area contributed by atoms with Crippen LogP contribution in [0.2, 0.25) is 0 Å². The number of ether oxygens (including phenoxy) is 1. The standard InChI is InChI=1S/C15H17N5O3/c16-5-1-7-20(8-2-6-17)14(21)10-23-15(22)13-9-12(18-19-13)11-3-4-11/h9,11H,1-4,7-8,10H2,(H,18,19). The summed E-state index contributed by atoms with van der Waals surface area (Å²) in [7, 11) is 0. The lowest BCUT2D eigenvalue weighted by molar-refractivity contribution is -0.134. The Bertz CT molecular complexity index is 633. The van der Waals surface area contributed by atoms with Gasteiger partial charge >= 0.3 is 5.97 Å². The monoisotopic (exact) mass is 315 g/mol. The van der Waals surface area contributed by atoms with Crippen LogP contribution in [0.25, 0.3) is 0 Å². The predicted octanol–water partition coefficient (Wildman–Crippen LogP) is 1.10. The van der Waals surface area contributed by atoms with Crippen molar-refractivity contribution in [1.82, 2.24) is 15.1 Å². The largest absolute Gasteiger partial charge is 0.451 e. The minimum absolute atomic E-state index is 0.153. The summed E-state index contributed by atoms with van der Waals surface area (Å²) in [6.07, 6.45) is 2.49. The molecule has 0 aliphatic heterocycles. The van der Waals surface area contributed by atoms with Gasteiger partial charge in [-0.3, -0.25) is 9.89 Å². The number of nitrogens with zero attached hydrogens (tertiary/aromatic N) is 4. The van der Waals surface area contributed by atoms with Crippen LogP contribution in [0.5, 0.6) is 0 Å². The van der Waals surface area contributed by atoms with E-state index in [4.69, 9.17) is 15.3 Å². The summed E-state index contributed by atoms with van der Waals surface area (Å²) in [5, 5.41) is 23.9. The number of aromatic nitrogens is 2. The van der Waals surface area contributed by atoms with Crippen LogP contribution in [0.1, 0.15) is 47.8 Å². The van der Waals surface area contributed by atoms with Crippen molar-refractivity contribution in [3.8, 4) is 12.1 Å². The van der Waals surface area contributed by atoms with Gasteiger partial charge in [0.05, 0.1) is 25.0 Å². The van der Waals surface area contributed by atoms with Gasteiger partial charge in [0.25, 0.3) is 5.91 Å². The number of amides is 1. The molecule has 1 amide bonds. The van der Waals surface area contributed by atoms with E-state index in [9.17, 15) is 9.59 Å². The maximum atomic E-state index is 12.0. The van der Waals surface area contributed by atoms with Crippen LogP contribution in [-0.2, 0) is 9.53 Å². The van der Waals surface area contributed by atoms with Gasteiger partial charge < -0.3 is 9.64 Å². The van der Waals surface area contributed by atoms with Crippen LogP contribution >= 0.6 is 0 Å². The average molecular weight is 315 g/mol. The molecule has 8 heteroatoms. The van der Waals surface area contributed by atoms with Gasteiger partial charge in [0, 0.05) is 24.7 Å². The molecular weight excluding hydrogens is 298 g/mol. The van der Waals surface area contributed by atoms with Crippen molar-refractivity contribution in [3.05, 3.63) is 17.5 Å². The molecule has 8 nitrogen and oxygen atoms in total. The van der Waals surface area contributed by atoms with Gasteiger partial charge in [-0.2, -0.15) is 15.6 Å². The fourth-order valence-corrected chi connectivity index (χ4v) is 2.07. The number of hydrogen-bond acceptors (Lipinski definition) is 6. The topological polar surface area (TPSA) is 123 Å². The molecule has 0 radical (unpaired) electrons. The minimum atomic E-state index is -0.665. The molecule has 23 heavy (non-hydrogen) atoms. The molecule has 1 aliphatic rings. The number of aromatic amines is 1. The number of carbonyl (C=O) groups excluding carboxylic acids is 2. The van der Waals surface area contributed by atoms with Crippen LogP contribution in [0.3, 0.4) is 0 Å². The number of H-pyrrole nitrogens is 1. The normalized spacial score (nSPS) is 13.0. The average Bonchev–Trinajstić information content (AvgIpc) is 3.29. The Morgan fingerprint density at radius 1 is 1.30 bits per heavy atom. The second-order valence-electron chi connectivity index (χ2n) is 5.26. The zero-order valence-electron chi connectivity index (χ0n) is 12.6. The minimum Gasteiger partial charge on any atom is -0.451 e. The van der Waals surface area contributed by atoms with Gasteiger partial charge in [-0.15, -0.1) is 0 Å². The lowest BCUT2D eigenvalue weighted by atomic mass is 10.3. The third kappa shape index (κ3) is 4.82. The highest BCUT2D eigenvalue weighted by molar-refractivity contribution is 5.89. The Morgan fingerprint density at radius 3 is 2.52 bits per heavy atom. The molecular formula is C15H17N5O3. The summed E-state index contributed by atoms with van der Waals surface area (Å²) in [6, 6.07) is 5.53. The highest BCUT2D eigenvalue weighted by Gasteiger charge is 2.27. The molecule has 0 aromatic carbocycles. The summed E-state index contributed by atoms with van der Waals surface area (Å²) >= 11 is 0. The number of nitrogens with one attached hydrogen (secondary N) is 1. The summed E-state index contributed by atoms with van der Waals surface area (Å²) in [6.45, 7) is -0.00704. The molecule has 1 saturated carbocycles. The summed E-state index contributed by atoms with van der Waals surface area (Å²) in [4.78, 5) is 25.2. The number of nitriles is 2. The Labute approximate surface area is 133 Å². The summed E-state index contributed by atoms with van der Waals surface area (Å²) < 4.78 is 4.97. The SMILES string of the molecule is N#CCCN(CCC#N)C(=O)COC(=O)c1cc(C2CC2)[nH]n1. The Kier molecular flexibility index (Phi) is 5.70. The van der Waals surface area contributed by atoms with E-state index in [2.05, 4.69) is 10.2 Å². The van der Waals surface area contributed by atoms with Crippen molar-refractivity contribution >= 4 is 11.9 Å². The van der Waals surface area contributed by atoms with Gasteiger partial charge in [-0.1, -0.05) is 0 Å². The number of carbonyl (C=O) groups is 2. The predicted molar refractivity (Wildman–Crippen MR) is 77.9 cm³/mol. The van der Waals surface area contributed by atoms with Crippen LogP contribution in [0, 0.1) is 22.7 Å². The van der Waals surface area contributed by atoms with Crippen LogP contribution < -0.4 is 0 Å². The zero-order chi connectivity index (χ0) is 16.7. The molecule has 0 saturated heterocycles. The van der Waals surface area contributed by atoms with E-state index in [1.807, 2.05) is 12.1 Å². The first-order valence-corrected chi connectivity index (χ1v) is 7.39. The third-order valence-corrected chi connectivity index (χ3v) is 3.49. The van der Waals surface area contributed by atoms with Crippen LogP contribution in [-0.4, -0.2) is 46.7 Å². The molecule has 1 aromatic rings. The first-order chi connectivity index (χ1) is 11.2. The first-order valence-electron chi connectivity index (χ1n) is 7.39. The van der Waals surface area contributed by atoms with Gasteiger partial charge in [-0.05, 0) is 18.9 Å². The Balaban J connectivity index is 1.83. The van der Waals surface area contributed by atoms with E-state index < -0.39 is 18.5 Å². The van der Waals surface area contributed by atoms with E-state index in [0.29, 0.717) is 5.92 Å². The zero-order valence-corrected chi connectivity index (χ0v) is 12.6. The van der Waals surface area contributed by atoms with Crippen molar-refractivity contribution < 1.29 is 14.3 Å². The number of esters is 1. The lowest BCUT2D eigenvalue weighted by Gasteiger charge is -2.19. The molecule has 1 aromatic heterocycles. The van der Waals surface area contributed by atoms with E-state index in [-0.39, 0.29) is 31.6 Å².